The fourth-order valence-corrected chi connectivity index (χ4v) is 3.34. The zero-order valence-electron chi connectivity index (χ0n) is 14.5. The highest BCUT2D eigenvalue weighted by molar-refractivity contribution is 5.83. The fourth-order valence-electron chi connectivity index (χ4n) is 3.34. The van der Waals surface area contributed by atoms with Crippen LogP contribution < -0.4 is 0 Å². The van der Waals surface area contributed by atoms with E-state index in [1.165, 1.54) is 33.4 Å². The summed E-state index contributed by atoms with van der Waals surface area (Å²) in [6.07, 6.45) is 4.69. The minimum Gasteiger partial charge on any atom is -0.0655 e. The van der Waals surface area contributed by atoms with Gasteiger partial charge in [0.1, 0.15) is 0 Å². The van der Waals surface area contributed by atoms with E-state index in [0.717, 1.165) is 12.8 Å². The van der Waals surface area contributed by atoms with E-state index in [1.807, 2.05) is 0 Å². The molecule has 0 saturated carbocycles. The average molecular weight is 290 g/mol. The van der Waals surface area contributed by atoms with Gasteiger partial charge in [-0.3, -0.25) is 0 Å². The predicted octanol–water partition coefficient (Wildman–Crippen LogP) is 6.31. The molecule has 0 saturated heterocycles. The van der Waals surface area contributed by atoms with Gasteiger partial charge in [0, 0.05) is 0 Å². The maximum atomic E-state index is 2.41. The topological polar surface area (TPSA) is 0 Å². The van der Waals surface area contributed by atoms with Crippen molar-refractivity contribution in [3.05, 3.63) is 64.2 Å². The number of rotatable bonds is 2. The first-order valence-electron chi connectivity index (χ1n) is 8.33. The minimum atomic E-state index is 0.210. The SMILES string of the molecule is CCC1=Cc2c(ccc(C)c2-c2ccc(C(C)(C)C)cc2)C1. The predicted molar refractivity (Wildman–Crippen MR) is 97.3 cm³/mol. The van der Waals surface area contributed by atoms with Gasteiger partial charge in [0.15, 0.2) is 0 Å². The van der Waals surface area contributed by atoms with Gasteiger partial charge >= 0.3 is 0 Å². The van der Waals surface area contributed by atoms with Crippen molar-refractivity contribution in [2.75, 3.05) is 0 Å². The highest BCUT2D eigenvalue weighted by atomic mass is 14.2. The van der Waals surface area contributed by atoms with E-state index >= 15 is 0 Å². The van der Waals surface area contributed by atoms with E-state index in [9.17, 15) is 0 Å². The molecule has 0 spiro atoms. The molecule has 0 heteroatoms. The highest BCUT2D eigenvalue weighted by Crippen LogP contribution is 2.37. The smallest absolute Gasteiger partial charge is 0.00577 e. The molecule has 22 heavy (non-hydrogen) atoms. The number of fused-ring (bicyclic) bond motifs is 1. The van der Waals surface area contributed by atoms with Crippen LogP contribution in [0.3, 0.4) is 0 Å². The summed E-state index contributed by atoms with van der Waals surface area (Å²) in [6, 6.07) is 13.7. The molecule has 0 aromatic heterocycles. The Morgan fingerprint density at radius 3 is 2.23 bits per heavy atom. The number of benzene rings is 2. The third kappa shape index (κ3) is 2.63. The van der Waals surface area contributed by atoms with E-state index in [4.69, 9.17) is 0 Å². The average Bonchev–Trinajstić information content (AvgIpc) is 2.89. The van der Waals surface area contributed by atoms with E-state index in [0.29, 0.717) is 0 Å². The van der Waals surface area contributed by atoms with Crippen LogP contribution in [0.4, 0.5) is 0 Å². The van der Waals surface area contributed by atoms with Crippen LogP contribution in [0.2, 0.25) is 0 Å². The van der Waals surface area contributed by atoms with Crippen molar-refractivity contribution in [2.45, 2.75) is 52.9 Å². The van der Waals surface area contributed by atoms with Crippen LogP contribution >= 0.6 is 0 Å². The molecule has 2 aromatic carbocycles. The van der Waals surface area contributed by atoms with Gasteiger partial charge in [-0.25, -0.2) is 0 Å². The first-order chi connectivity index (χ1) is 10.4. The Hall–Kier alpha value is -1.82. The lowest BCUT2D eigenvalue weighted by Crippen LogP contribution is -2.10. The van der Waals surface area contributed by atoms with Crippen LogP contribution in [0.25, 0.3) is 17.2 Å². The Morgan fingerprint density at radius 1 is 0.955 bits per heavy atom. The van der Waals surface area contributed by atoms with Crippen molar-refractivity contribution in [3.63, 3.8) is 0 Å². The van der Waals surface area contributed by atoms with E-state index < -0.39 is 0 Å². The molecule has 2 aromatic rings. The molecule has 1 aliphatic rings. The van der Waals surface area contributed by atoms with Gasteiger partial charge in [0.05, 0.1) is 0 Å². The van der Waals surface area contributed by atoms with Crippen LogP contribution in [0.5, 0.6) is 0 Å². The van der Waals surface area contributed by atoms with Gasteiger partial charge in [0.25, 0.3) is 0 Å². The first-order valence-corrected chi connectivity index (χ1v) is 8.33. The Balaban J connectivity index is 2.10. The maximum absolute atomic E-state index is 2.41. The second-order valence-corrected chi connectivity index (χ2v) is 7.49. The molecule has 0 heterocycles. The monoisotopic (exact) mass is 290 g/mol. The van der Waals surface area contributed by atoms with E-state index in [-0.39, 0.29) is 5.41 Å². The summed E-state index contributed by atoms with van der Waals surface area (Å²) in [4.78, 5) is 0. The zero-order chi connectivity index (χ0) is 15.9. The normalized spacial score (nSPS) is 14.0. The lowest BCUT2D eigenvalue weighted by molar-refractivity contribution is 0.590. The molecule has 1 aliphatic carbocycles. The molecule has 0 N–H and O–H groups in total. The lowest BCUT2D eigenvalue weighted by atomic mass is 9.85. The van der Waals surface area contributed by atoms with Crippen LogP contribution in [0, 0.1) is 6.92 Å². The van der Waals surface area contributed by atoms with Crippen LogP contribution in [-0.4, -0.2) is 0 Å². The van der Waals surface area contributed by atoms with Crippen molar-refractivity contribution in [3.8, 4) is 11.1 Å². The number of aryl methyl sites for hydroxylation is 1. The number of hydrogen-bond donors (Lipinski definition) is 0. The Bertz CT molecular complexity index is 722. The minimum absolute atomic E-state index is 0.210. The quantitative estimate of drug-likeness (QED) is 0.608. The van der Waals surface area contributed by atoms with Gasteiger partial charge in [-0.2, -0.15) is 0 Å². The van der Waals surface area contributed by atoms with Gasteiger partial charge in [0.2, 0.25) is 0 Å². The standard InChI is InChI=1S/C22H26/c1-6-16-13-18-8-7-15(2)21(20(18)14-16)17-9-11-19(12-10-17)22(3,4)5/h7-12,14H,6,13H2,1-5H3. The fraction of sp³-hybridized carbons (Fsp3) is 0.364. The number of allylic oxidation sites excluding steroid dienone is 1. The summed E-state index contributed by atoms with van der Waals surface area (Å²) in [5.74, 6) is 0. The van der Waals surface area contributed by atoms with E-state index in [2.05, 4.69) is 77.1 Å². The van der Waals surface area contributed by atoms with E-state index in [1.54, 1.807) is 5.57 Å². The van der Waals surface area contributed by atoms with Crippen molar-refractivity contribution < 1.29 is 0 Å². The highest BCUT2D eigenvalue weighted by Gasteiger charge is 2.18. The van der Waals surface area contributed by atoms with Crippen molar-refractivity contribution >= 4 is 6.08 Å². The molecule has 114 valence electrons. The summed E-state index contributed by atoms with van der Waals surface area (Å²) >= 11 is 0. The summed E-state index contributed by atoms with van der Waals surface area (Å²) < 4.78 is 0. The summed E-state index contributed by atoms with van der Waals surface area (Å²) in [6.45, 7) is 11.3. The Kier molecular flexibility index (Phi) is 3.72. The molecule has 0 amide bonds. The summed E-state index contributed by atoms with van der Waals surface area (Å²) in [5, 5.41) is 0. The van der Waals surface area contributed by atoms with Gasteiger partial charge in [-0.15, -0.1) is 0 Å². The molecule has 0 fully saturated rings. The van der Waals surface area contributed by atoms with Gasteiger partial charge in [-0.05, 0) is 58.6 Å². The molecule has 3 rings (SSSR count). The first kappa shape index (κ1) is 15.1. The van der Waals surface area contributed by atoms with Crippen molar-refractivity contribution in [1.29, 1.82) is 0 Å². The second-order valence-electron chi connectivity index (χ2n) is 7.49. The van der Waals surface area contributed by atoms with Crippen LogP contribution in [0.15, 0.2) is 42.0 Å². The molecule has 0 unspecified atom stereocenters. The Morgan fingerprint density at radius 2 is 1.64 bits per heavy atom. The lowest BCUT2D eigenvalue weighted by Gasteiger charge is -2.20. The molecule has 0 aliphatic heterocycles. The molecular weight excluding hydrogens is 264 g/mol. The molecule has 0 radical (unpaired) electrons. The molecule has 0 nitrogen and oxygen atoms in total. The van der Waals surface area contributed by atoms with Crippen molar-refractivity contribution in [1.82, 2.24) is 0 Å². The maximum Gasteiger partial charge on any atom is -0.00577 e. The Labute approximate surface area is 134 Å². The van der Waals surface area contributed by atoms with Gasteiger partial charge < -0.3 is 0 Å². The third-order valence-corrected chi connectivity index (χ3v) is 4.80. The third-order valence-electron chi connectivity index (χ3n) is 4.80. The zero-order valence-corrected chi connectivity index (χ0v) is 14.5. The van der Waals surface area contributed by atoms with Crippen LogP contribution in [-0.2, 0) is 11.8 Å². The summed E-state index contributed by atoms with van der Waals surface area (Å²) in [7, 11) is 0. The van der Waals surface area contributed by atoms with Crippen LogP contribution in [0.1, 0.15) is 56.4 Å². The molecule has 0 bridgehead atoms. The second kappa shape index (κ2) is 5.43. The number of hydrogen-bond acceptors (Lipinski definition) is 0. The summed E-state index contributed by atoms with van der Waals surface area (Å²) in [5.41, 5.74) is 10.2. The molecular formula is C22H26. The largest absolute Gasteiger partial charge is 0.0655 e. The van der Waals surface area contributed by atoms with Crippen molar-refractivity contribution in [2.24, 2.45) is 0 Å². The van der Waals surface area contributed by atoms with Gasteiger partial charge in [-0.1, -0.05) is 75.7 Å². The molecule has 0 atom stereocenters.